The van der Waals surface area contributed by atoms with Crippen molar-refractivity contribution in [3.05, 3.63) is 47.4 Å². The zero-order valence-corrected chi connectivity index (χ0v) is 17.2. The van der Waals surface area contributed by atoms with Gasteiger partial charge in [-0.2, -0.15) is 13.2 Å². The van der Waals surface area contributed by atoms with Crippen LogP contribution in [0.2, 0.25) is 0 Å². The Labute approximate surface area is 179 Å². The van der Waals surface area contributed by atoms with Crippen molar-refractivity contribution in [2.24, 2.45) is 0 Å². The van der Waals surface area contributed by atoms with Gasteiger partial charge in [-0.3, -0.25) is 4.79 Å². The summed E-state index contributed by atoms with van der Waals surface area (Å²) >= 11 is 0. The van der Waals surface area contributed by atoms with Crippen molar-refractivity contribution in [3.8, 4) is 5.75 Å². The molecule has 1 aromatic carbocycles. The minimum absolute atomic E-state index is 0.0622. The number of alkyl halides is 5. The number of methoxy groups -OCH3 is 1. The Kier molecular flexibility index (Phi) is 6.64. The highest BCUT2D eigenvalue weighted by Gasteiger charge is 2.51. The minimum Gasteiger partial charge on any atom is -0.491 e. The van der Waals surface area contributed by atoms with Crippen molar-refractivity contribution < 1.29 is 44.6 Å². The molecule has 0 N–H and O–H groups in total. The van der Waals surface area contributed by atoms with Gasteiger partial charge < -0.3 is 9.47 Å². The smallest absolute Gasteiger partial charge is 0.420 e. The second-order valence-corrected chi connectivity index (χ2v) is 8.44. The third-order valence-electron chi connectivity index (χ3n) is 4.46. The summed E-state index contributed by atoms with van der Waals surface area (Å²) in [6.45, 7) is -1.77. The number of benzene rings is 1. The standard InChI is InChI=1S/C18H16F5N3O5S/c1-30-7-8-31-11-4-2-3-10(13(11)18(21,22)23)16-15(27)14-17(25-6-5-24-14)26(9-12(19)20)32(16,28)29/h2-6,12,16H,7-9H2,1H3. The molecular weight excluding hydrogens is 465 g/mol. The van der Waals surface area contributed by atoms with E-state index in [9.17, 15) is 35.2 Å². The number of fused-ring (bicyclic) bond motifs is 1. The molecule has 1 aliphatic heterocycles. The molecule has 1 atom stereocenters. The van der Waals surface area contributed by atoms with Crippen LogP contribution in [-0.2, 0) is 20.9 Å². The van der Waals surface area contributed by atoms with Crippen LogP contribution in [0.5, 0.6) is 5.75 Å². The first-order valence-electron chi connectivity index (χ1n) is 8.97. The molecule has 0 saturated carbocycles. The van der Waals surface area contributed by atoms with Gasteiger partial charge in [0.1, 0.15) is 17.9 Å². The SMILES string of the molecule is COCCOc1cccc(C2C(=O)c3nccnc3N(CC(F)F)S2(=O)=O)c1C(F)(F)F. The number of carbonyl (C=O) groups is 1. The van der Waals surface area contributed by atoms with Gasteiger partial charge in [-0.15, -0.1) is 0 Å². The van der Waals surface area contributed by atoms with E-state index in [2.05, 4.69) is 9.97 Å². The van der Waals surface area contributed by atoms with Gasteiger partial charge in [0.25, 0.3) is 16.4 Å². The Bertz CT molecular complexity index is 1110. The van der Waals surface area contributed by atoms with E-state index in [1.165, 1.54) is 7.11 Å². The maximum Gasteiger partial charge on any atom is 0.420 e. The number of sulfonamides is 1. The Morgan fingerprint density at radius 3 is 2.47 bits per heavy atom. The lowest BCUT2D eigenvalue weighted by Crippen LogP contribution is -2.46. The summed E-state index contributed by atoms with van der Waals surface area (Å²) in [6.07, 6.45) is -6.35. The highest BCUT2D eigenvalue weighted by molar-refractivity contribution is 7.94. The van der Waals surface area contributed by atoms with Gasteiger partial charge in [-0.1, -0.05) is 12.1 Å². The molecule has 2 heterocycles. The van der Waals surface area contributed by atoms with E-state index in [1.807, 2.05) is 0 Å². The van der Waals surface area contributed by atoms with Gasteiger partial charge in [0, 0.05) is 19.5 Å². The van der Waals surface area contributed by atoms with E-state index in [-0.39, 0.29) is 17.5 Å². The zero-order valence-electron chi connectivity index (χ0n) is 16.3. The van der Waals surface area contributed by atoms with Crippen LogP contribution < -0.4 is 9.04 Å². The first kappa shape index (κ1) is 23.8. The van der Waals surface area contributed by atoms with Crippen LogP contribution in [-0.4, -0.2) is 57.5 Å². The molecule has 1 unspecified atom stereocenters. The first-order valence-corrected chi connectivity index (χ1v) is 10.5. The molecule has 0 saturated heterocycles. The van der Waals surface area contributed by atoms with Gasteiger partial charge >= 0.3 is 6.18 Å². The second kappa shape index (κ2) is 8.94. The number of ether oxygens (including phenoxy) is 2. The molecule has 14 heteroatoms. The number of nitrogens with zero attached hydrogens (tertiary/aromatic N) is 3. The van der Waals surface area contributed by atoms with Crippen LogP contribution in [0.25, 0.3) is 0 Å². The lowest BCUT2D eigenvalue weighted by Gasteiger charge is -2.33. The molecule has 1 aromatic heterocycles. The van der Waals surface area contributed by atoms with Crippen molar-refractivity contribution in [1.82, 2.24) is 9.97 Å². The van der Waals surface area contributed by atoms with Crippen LogP contribution in [0.4, 0.5) is 27.8 Å². The predicted molar refractivity (Wildman–Crippen MR) is 100 cm³/mol. The van der Waals surface area contributed by atoms with E-state index in [0.717, 1.165) is 30.6 Å². The molecule has 0 radical (unpaired) electrons. The lowest BCUT2D eigenvalue weighted by molar-refractivity contribution is -0.139. The molecule has 32 heavy (non-hydrogen) atoms. The molecule has 2 aromatic rings. The number of hydrogen-bond donors (Lipinski definition) is 0. The molecule has 0 amide bonds. The maximum atomic E-state index is 14.0. The highest BCUT2D eigenvalue weighted by atomic mass is 32.2. The minimum atomic E-state index is -5.13. The molecule has 0 bridgehead atoms. The fraction of sp³-hybridized carbons (Fsp3) is 0.389. The van der Waals surface area contributed by atoms with Crippen molar-refractivity contribution in [2.75, 3.05) is 31.2 Å². The van der Waals surface area contributed by atoms with Crippen LogP contribution >= 0.6 is 0 Å². The maximum absolute atomic E-state index is 14.0. The Hall–Kier alpha value is -2.87. The van der Waals surface area contributed by atoms with Gasteiger partial charge in [-0.05, 0) is 11.6 Å². The molecular formula is C18H16F5N3O5S. The summed E-state index contributed by atoms with van der Waals surface area (Å²) in [4.78, 5) is 20.3. The zero-order chi connectivity index (χ0) is 23.7. The molecule has 174 valence electrons. The fourth-order valence-corrected chi connectivity index (χ4v) is 5.09. The van der Waals surface area contributed by atoms with Crippen LogP contribution in [0.1, 0.15) is 26.9 Å². The third kappa shape index (κ3) is 4.37. The summed E-state index contributed by atoms with van der Waals surface area (Å²) in [5, 5.41) is -2.48. The summed E-state index contributed by atoms with van der Waals surface area (Å²) in [7, 11) is -3.78. The molecule has 0 spiro atoms. The molecule has 1 aliphatic rings. The largest absolute Gasteiger partial charge is 0.491 e. The van der Waals surface area contributed by atoms with E-state index >= 15 is 0 Å². The van der Waals surface area contributed by atoms with Gasteiger partial charge in [0.2, 0.25) is 5.78 Å². The van der Waals surface area contributed by atoms with Gasteiger partial charge in [0.05, 0.1) is 13.2 Å². The average Bonchev–Trinajstić information content (AvgIpc) is 2.70. The van der Waals surface area contributed by atoms with Crippen LogP contribution in [0.3, 0.4) is 0 Å². The first-order chi connectivity index (χ1) is 15.0. The highest BCUT2D eigenvalue weighted by Crippen LogP contribution is 2.46. The Morgan fingerprint density at radius 2 is 1.84 bits per heavy atom. The van der Waals surface area contributed by atoms with E-state index in [0.29, 0.717) is 0 Å². The number of Topliss-reactive ketones (excluding diaryl/α,β-unsaturated/α-hetero) is 1. The quantitative estimate of drug-likeness (QED) is 0.443. The molecule has 0 aliphatic carbocycles. The van der Waals surface area contributed by atoms with E-state index in [1.54, 1.807) is 0 Å². The number of ketones is 1. The predicted octanol–water partition coefficient (Wildman–Crippen LogP) is 2.86. The van der Waals surface area contributed by atoms with Crippen molar-refractivity contribution >= 4 is 21.6 Å². The number of anilines is 1. The number of halogens is 5. The molecule has 8 nitrogen and oxygen atoms in total. The molecule has 3 rings (SSSR count). The van der Waals surface area contributed by atoms with E-state index < -0.39 is 68.6 Å². The summed E-state index contributed by atoms with van der Waals surface area (Å²) in [5.41, 5.74) is -3.11. The van der Waals surface area contributed by atoms with E-state index in [4.69, 9.17) is 9.47 Å². The monoisotopic (exact) mass is 481 g/mol. The van der Waals surface area contributed by atoms with Gasteiger partial charge in [-0.25, -0.2) is 31.5 Å². The van der Waals surface area contributed by atoms with Crippen molar-refractivity contribution in [2.45, 2.75) is 17.9 Å². The van der Waals surface area contributed by atoms with Crippen LogP contribution in [0, 0.1) is 0 Å². The van der Waals surface area contributed by atoms with Crippen molar-refractivity contribution in [1.29, 1.82) is 0 Å². The number of hydrogen-bond acceptors (Lipinski definition) is 7. The normalized spacial score (nSPS) is 18.0. The average molecular weight is 481 g/mol. The Morgan fingerprint density at radius 1 is 1.16 bits per heavy atom. The summed E-state index contributed by atoms with van der Waals surface area (Å²) in [5.74, 6) is -2.73. The topological polar surface area (TPSA) is 98.7 Å². The summed E-state index contributed by atoms with van der Waals surface area (Å²) in [6, 6.07) is 2.81. The van der Waals surface area contributed by atoms with Crippen LogP contribution in [0.15, 0.2) is 30.6 Å². The van der Waals surface area contributed by atoms with Gasteiger partial charge in [0.15, 0.2) is 16.8 Å². The number of aromatic nitrogens is 2. The number of carbonyl (C=O) groups excluding carboxylic acids is 1. The number of rotatable bonds is 7. The summed E-state index contributed by atoms with van der Waals surface area (Å²) < 4.78 is 104. The fourth-order valence-electron chi connectivity index (χ4n) is 3.24. The Balaban J connectivity index is 2.24. The third-order valence-corrected chi connectivity index (χ3v) is 6.47. The van der Waals surface area contributed by atoms with Crippen molar-refractivity contribution in [3.63, 3.8) is 0 Å². The molecule has 0 fully saturated rings. The lowest BCUT2D eigenvalue weighted by atomic mass is 9.98. The second-order valence-electron chi connectivity index (χ2n) is 6.50.